The minimum Gasteiger partial charge on any atom is -0.493 e. The van der Waals surface area contributed by atoms with E-state index in [9.17, 15) is 0 Å². The SMILES string of the molecule is Cc1cc(-c2cnc3ccccc3n2)ccc1OCCCN1CCOCC1. The number of aromatic nitrogens is 2. The van der Waals surface area contributed by atoms with E-state index in [-0.39, 0.29) is 0 Å². The monoisotopic (exact) mass is 363 g/mol. The molecule has 0 bridgehead atoms. The van der Waals surface area contributed by atoms with E-state index in [2.05, 4.69) is 28.9 Å². The summed E-state index contributed by atoms with van der Waals surface area (Å²) >= 11 is 0. The summed E-state index contributed by atoms with van der Waals surface area (Å²) < 4.78 is 11.4. The first-order valence-corrected chi connectivity index (χ1v) is 9.55. The molecule has 3 aromatic rings. The van der Waals surface area contributed by atoms with E-state index < -0.39 is 0 Å². The molecule has 1 saturated heterocycles. The highest BCUT2D eigenvalue weighted by molar-refractivity contribution is 5.77. The molecule has 5 nitrogen and oxygen atoms in total. The maximum atomic E-state index is 6.00. The number of morpholine rings is 1. The van der Waals surface area contributed by atoms with E-state index in [1.807, 2.05) is 36.5 Å². The van der Waals surface area contributed by atoms with Crippen LogP contribution in [0.1, 0.15) is 12.0 Å². The van der Waals surface area contributed by atoms with E-state index in [4.69, 9.17) is 14.5 Å². The molecule has 0 radical (unpaired) electrons. The Bertz CT molecular complexity index is 907. The average Bonchev–Trinajstić information content (AvgIpc) is 2.72. The number of benzene rings is 2. The Morgan fingerprint density at radius 2 is 1.89 bits per heavy atom. The van der Waals surface area contributed by atoms with Gasteiger partial charge in [0.15, 0.2) is 0 Å². The van der Waals surface area contributed by atoms with Crippen molar-refractivity contribution in [3.63, 3.8) is 0 Å². The van der Waals surface area contributed by atoms with Crippen molar-refractivity contribution >= 4 is 11.0 Å². The fraction of sp³-hybridized carbons (Fsp3) is 0.364. The Morgan fingerprint density at radius 3 is 2.70 bits per heavy atom. The molecule has 1 fully saturated rings. The smallest absolute Gasteiger partial charge is 0.122 e. The van der Waals surface area contributed by atoms with Gasteiger partial charge >= 0.3 is 0 Å². The average molecular weight is 363 g/mol. The molecule has 0 aliphatic carbocycles. The molecule has 4 rings (SSSR count). The molecular formula is C22H25N3O2. The zero-order valence-electron chi connectivity index (χ0n) is 15.7. The second kappa shape index (κ2) is 8.46. The summed E-state index contributed by atoms with van der Waals surface area (Å²) in [5, 5.41) is 0. The lowest BCUT2D eigenvalue weighted by atomic mass is 10.1. The van der Waals surface area contributed by atoms with Crippen LogP contribution in [0, 0.1) is 6.92 Å². The van der Waals surface area contributed by atoms with Crippen LogP contribution in [-0.2, 0) is 4.74 Å². The summed E-state index contributed by atoms with van der Waals surface area (Å²) in [5.41, 5.74) is 4.89. The topological polar surface area (TPSA) is 47.5 Å². The summed E-state index contributed by atoms with van der Waals surface area (Å²) in [6, 6.07) is 14.2. The van der Waals surface area contributed by atoms with Gasteiger partial charge in [0.1, 0.15) is 5.75 Å². The third kappa shape index (κ3) is 4.43. The van der Waals surface area contributed by atoms with Crippen LogP contribution in [0.15, 0.2) is 48.7 Å². The lowest BCUT2D eigenvalue weighted by molar-refractivity contribution is 0.0358. The first kappa shape index (κ1) is 17.9. The molecule has 1 aliphatic heterocycles. The number of rotatable bonds is 6. The molecule has 140 valence electrons. The van der Waals surface area contributed by atoms with Crippen molar-refractivity contribution in [2.24, 2.45) is 0 Å². The van der Waals surface area contributed by atoms with Gasteiger partial charge in [-0.05, 0) is 49.2 Å². The van der Waals surface area contributed by atoms with E-state index >= 15 is 0 Å². The summed E-state index contributed by atoms with van der Waals surface area (Å²) in [6.07, 6.45) is 2.86. The molecule has 1 aromatic heterocycles. The van der Waals surface area contributed by atoms with Gasteiger partial charge in [-0.1, -0.05) is 12.1 Å². The highest BCUT2D eigenvalue weighted by Crippen LogP contribution is 2.26. The van der Waals surface area contributed by atoms with Crippen molar-refractivity contribution < 1.29 is 9.47 Å². The van der Waals surface area contributed by atoms with E-state index in [0.29, 0.717) is 0 Å². The van der Waals surface area contributed by atoms with Crippen molar-refractivity contribution in [2.75, 3.05) is 39.5 Å². The summed E-state index contributed by atoms with van der Waals surface area (Å²) in [4.78, 5) is 11.7. The first-order valence-electron chi connectivity index (χ1n) is 9.55. The third-order valence-corrected chi connectivity index (χ3v) is 4.90. The molecule has 5 heteroatoms. The zero-order chi connectivity index (χ0) is 18.5. The van der Waals surface area contributed by atoms with Crippen LogP contribution in [0.5, 0.6) is 5.75 Å². The second-order valence-corrected chi connectivity index (χ2v) is 6.88. The maximum absolute atomic E-state index is 6.00. The summed E-state index contributed by atoms with van der Waals surface area (Å²) in [5.74, 6) is 0.939. The van der Waals surface area contributed by atoms with Crippen LogP contribution in [0.25, 0.3) is 22.3 Å². The van der Waals surface area contributed by atoms with Crippen LogP contribution in [0.3, 0.4) is 0 Å². The Hall–Kier alpha value is -2.50. The number of hydrogen-bond acceptors (Lipinski definition) is 5. The number of hydrogen-bond donors (Lipinski definition) is 0. The van der Waals surface area contributed by atoms with Gasteiger partial charge < -0.3 is 9.47 Å². The maximum Gasteiger partial charge on any atom is 0.122 e. The Morgan fingerprint density at radius 1 is 1.07 bits per heavy atom. The van der Waals surface area contributed by atoms with Crippen molar-refractivity contribution in [3.8, 4) is 17.0 Å². The molecule has 0 spiro atoms. The van der Waals surface area contributed by atoms with Crippen molar-refractivity contribution in [2.45, 2.75) is 13.3 Å². The minimum absolute atomic E-state index is 0.729. The number of para-hydroxylation sites is 2. The predicted molar refractivity (Wildman–Crippen MR) is 107 cm³/mol. The van der Waals surface area contributed by atoms with Crippen LogP contribution < -0.4 is 4.74 Å². The number of nitrogens with zero attached hydrogens (tertiary/aromatic N) is 3. The lowest BCUT2D eigenvalue weighted by Gasteiger charge is -2.26. The third-order valence-electron chi connectivity index (χ3n) is 4.90. The van der Waals surface area contributed by atoms with Gasteiger partial charge in [-0.15, -0.1) is 0 Å². The zero-order valence-corrected chi connectivity index (χ0v) is 15.7. The molecule has 27 heavy (non-hydrogen) atoms. The minimum atomic E-state index is 0.729. The van der Waals surface area contributed by atoms with Crippen molar-refractivity contribution in [1.29, 1.82) is 0 Å². The van der Waals surface area contributed by atoms with Gasteiger partial charge in [-0.2, -0.15) is 0 Å². The fourth-order valence-corrected chi connectivity index (χ4v) is 3.36. The molecule has 0 N–H and O–H groups in total. The standard InChI is InChI=1S/C22H25N3O2/c1-17-15-18(21-16-23-19-5-2-3-6-20(19)24-21)7-8-22(17)27-12-4-9-25-10-13-26-14-11-25/h2-3,5-8,15-16H,4,9-14H2,1H3. The lowest BCUT2D eigenvalue weighted by Crippen LogP contribution is -2.37. The van der Waals surface area contributed by atoms with Gasteiger partial charge in [-0.25, -0.2) is 4.98 Å². The molecule has 0 amide bonds. The van der Waals surface area contributed by atoms with Gasteiger partial charge in [0.2, 0.25) is 0 Å². The van der Waals surface area contributed by atoms with Gasteiger partial charge in [-0.3, -0.25) is 9.88 Å². The first-order chi connectivity index (χ1) is 13.3. The Labute approximate surface area is 160 Å². The molecule has 0 saturated carbocycles. The quantitative estimate of drug-likeness (QED) is 0.625. The van der Waals surface area contributed by atoms with Gasteiger partial charge in [0.05, 0.1) is 42.7 Å². The highest BCUT2D eigenvalue weighted by atomic mass is 16.5. The van der Waals surface area contributed by atoms with E-state index in [1.54, 1.807) is 0 Å². The second-order valence-electron chi connectivity index (χ2n) is 6.88. The molecule has 2 heterocycles. The number of ether oxygens (including phenoxy) is 2. The van der Waals surface area contributed by atoms with Crippen LogP contribution in [0.2, 0.25) is 0 Å². The summed E-state index contributed by atoms with van der Waals surface area (Å²) in [6.45, 7) is 7.62. The molecule has 2 aromatic carbocycles. The molecule has 0 atom stereocenters. The van der Waals surface area contributed by atoms with Crippen LogP contribution in [-0.4, -0.2) is 54.3 Å². The molecule has 1 aliphatic rings. The molecular weight excluding hydrogens is 338 g/mol. The van der Waals surface area contributed by atoms with E-state index in [1.165, 1.54) is 0 Å². The Kier molecular flexibility index (Phi) is 5.61. The number of aryl methyl sites for hydroxylation is 1. The van der Waals surface area contributed by atoms with Gasteiger partial charge in [0.25, 0.3) is 0 Å². The fourth-order valence-electron chi connectivity index (χ4n) is 3.36. The summed E-state index contributed by atoms with van der Waals surface area (Å²) in [7, 11) is 0. The van der Waals surface area contributed by atoms with Crippen LogP contribution in [0.4, 0.5) is 0 Å². The van der Waals surface area contributed by atoms with E-state index in [0.717, 1.165) is 79.5 Å². The van der Waals surface area contributed by atoms with Gasteiger partial charge in [0, 0.05) is 25.2 Å². The highest BCUT2D eigenvalue weighted by Gasteiger charge is 2.10. The molecule has 0 unspecified atom stereocenters. The number of fused-ring (bicyclic) bond motifs is 1. The predicted octanol–water partition coefficient (Wildman–Crippen LogP) is 3.71. The normalized spacial score (nSPS) is 15.1. The van der Waals surface area contributed by atoms with Crippen LogP contribution >= 0.6 is 0 Å². The van der Waals surface area contributed by atoms with Crippen molar-refractivity contribution in [1.82, 2.24) is 14.9 Å². The Balaban J connectivity index is 1.38. The largest absolute Gasteiger partial charge is 0.493 e. The van der Waals surface area contributed by atoms with Crippen molar-refractivity contribution in [3.05, 3.63) is 54.2 Å².